The molecule has 3 N–H and O–H groups in total. The van der Waals surface area contributed by atoms with Crippen LogP contribution in [-0.4, -0.2) is 27.4 Å². The minimum Gasteiger partial charge on any atom is -0.497 e. The Morgan fingerprint density at radius 3 is 2.75 bits per heavy atom. The summed E-state index contributed by atoms with van der Waals surface area (Å²) in [5.74, 6) is 2.17. The second kappa shape index (κ2) is 5.04. The molecule has 2 aromatic heterocycles. The summed E-state index contributed by atoms with van der Waals surface area (Å²) in [4.78, 5) is 4.30. The van der Waals surface area contributed by atoms with Gasteiger partial charge in [0.2, 0.25) is 0 Å². The second-order valence-corrected chi connectivity index (χ2v) is 4.24. The van der Waals surface area contributed by atoms with Crippen LogP contribution >= 0.6 is 0 Å². The molecule has 0 saturated carbocycles. The summed E-state index contributed by atoms with van der Waals surface area (Å²) in [7, 11) is 1.63. The summed E-state index contributed by atoms with van der Waals surface area (Å²) in [5, 5.41) is 10.4. The van der Waals surface area contributed by atoms with E-state index in [1.807, 2.05) is 24.3 Å². The molecule has 3 aromatic rings. The van der Waals surface area contributed by atoms with Gasteiger partial charge < -0.3 is 15.0 Å². The maximum Gasteiger partial charge on any atom is 0.263 e. The lowest BCUT2D eigenvalue weighted by atomic mass is 10.1. The molecule has 0 aliphatic rings. The van der Waals surface area contributed by atoms with E-state index < -0.39 is 0 Å². The summed E-state index contributed by atoms with van der Waals surface area (Å²) >= 11 is 0. The fourth-order valence-corrected chi connectivity index (χ4v) is 1.83. The summed E-state index contributed by atoms with van der Waals surface area (Å²) in [6.07, 6.45) is 2.13. The van der Waals surface area contributed by atoms with Crippen molar-refractivity contribution in [2.24, 2.45) is 0 Å². The molecule has 102 valence electrons. The molecule has 0 aliphatic carbocycles. The molecule has 0 atom stereocenters. The number of aromatic amines is 1. The first kappa shape index (κ1) is 12.2. The van der Waals surface area contributed by atoms with E-state index in [0.29, 0.717) is 29.5 Å². The van der Waals surface area contributed by atoms with Gasteiger partial charge in [-0.15, -0.1) is 0 Å². The molecule has 0 radical (unpaired) electrons. The van der Waals surface area contributed by atoms with Crippen molar-refractivity contribution in [2.75, 3.05) is 12.8 Å². The van der Waals surface area contributed by atoms with E-state index in [2.05, 4.69) is 20.3 Å². The van der Waals surface area contributed by atoms with Crippen LogP contribution in [0.3, 0.4) is 0 Å². The van der Waals surface area contributed by atoms with E-state index in [9.17, 15) is 0 Å². The van der Waals surface area contributed by atoms with E-state index >= 15 is 0 Å². The molecular weight excluding hydrogens is 258 g/mol. The molecule has 7 heteroatoms. The smallest absolute Gasteiger partial charge is 0.263 e. The molecule has 1 aromatic carbocycles. The Kier molecular flexibility index (Phi) is 3.08. The van der Waals surface area contributed by atoms with Gasteiger partial charge in [-0.25, -0.2) is 0 Å². The minimum atomic E-state index is 0.361. The maximum absolute atomic E-state index is 5.71. The van der Waals surface area contributed by atoms with Gasteiger partial charge in [0.1, 0.15) is 17.1 Å². The fourth-order valence-electron chi connectivity index (χ4n) is 1.83. The second-order valence-electron chi connectivity index (χ2n) is 4.24. The Bertz CT molecular complexity index is 702. The molecule has 3 rings (SSSR count). The summed E-state index contributed by atoms with van der Waals surface area (Å²) in [5.41, 5.74) is 7.38. The van der Waals surface area contributed by atoms with Crippen LogP contribution in [0.15, 0.2) is 35.0 Å². The number of aromatic nitrogens is 4. The zero-order valence-electron chi connectivity index (χ0n) is 10.8. The average Bonchev–Trinajstić information content (AvgIpc) is 3.08. The van der Waals surface area contributed by atoms with Crippen LogP contribution in [0, 0.1) is 0 Å². The predicted molar refractivity (Wildman–Crippen MR) is 72.1 cm³/mol. The first-order valence-electron chi connectivity index (χ1n) is 6.01. The largest absolute Gasteiger partial charge is 0.497 e. The lowest BCUT2D eigenvalue weighted by Crippen LogP contribution is -1.92. The maximum atomic E-state index is 5.71. The number of anilines is 1. The number of nitrogens with one attached hydrogen (secondary N) is 1. The molecule has 7 nitrogen and oxygen atoms in total. The van der Waals surface area contributed by atoms with Gasteiger partial charge in [-0.1, -0.05) is 17.3 Å². The Balaban J connectivity index is 1.78. The van der Waals surface area contributed by atoms with Crippen molar-refractivity contribution < 1.29 is 9.26 Å². The van der Waals surface area contributed by atoms with Crippen molar-refractivity contribution >= 4 is 5.82 Å². The molecule has 0 saturated heterocycles. The van der Waals surface area contributed by atoms with Gasteiger partial charge in [-0.3, -0.25) is 5.10 Å². The monoisotopic (exact) mass is 271 g/mol. The van der Waals surface area contributed by atoms with Crippen molar-refractivity contribution in [3.05, 3.63) is 41.9 Å². The predicted octanol–water partition coefficient (Wildman–Crippen LogP) is 1.64. The molecule has 2 heterocycles. The average molecular weight is 271 g/mol. The number of nitrogen functional groups attached to an aromatic ring is 1. The topological polar surface area (TPSA) is 103 Å². The minimum absolute atomic E-state index is 0.361. The van der Waals surface area contributed by atoms with Crippen molar-refractivity contribution in [3.8, 4) is 17.2 Å². The van der Waals surface area contributed by atoms with E-state index in [0.717, 1.165) is 11.3 Å². The molecule has 0 aliphatic heterocycles. The Morgan fingerprint density at radius 2 is 2.10 bits per heavy atom. The normalized spacial score (nSPS) is 10.7. The highest BCUT2D eigenvalue weighted by atomic mass is 16.5. The molecule has 0 spiro atoms. The zero-order chi connectivity index (χ0) is 13.9. The number of rotatable bonds is 4. The highest BCUT2D eigenvalue weighted by molar-refractivity contribution is 5.65. The highest BCUT2D eigenvalue weighted by Gasteiger charge is 2.13. The number of H-pyrrole nitrogens is 1. The van der Waals surface area contributed by atoms with E-state index in [-0.39, 0.29) is 0 Å². The van der Waals surface area contributed by atoms with Crippen LogP contribution in [0.1, 0.15) is 11.4 Å². The van der Waals surface area contributed by atoms with Crippen molar-refractivity contribution in [2.45, 2.75) is 6.42 Å². The van der Waals surface area contributed by atoms with Crippen LogP contribution < -0.4 is 10.5 Å². The Hall–Kier alpha value is -2.83. The molecule has 0 unspecified atom stereocenters. The Labute approximate surface area is 114 Å². The van der Waals surface area contributed by atoms with Crippen molar-refractivity contribution in [3.63, 3.8) is 0 Å². The number of nitrogens with two attached hydrogens (primary N) is 1. The summed E-state index contributed by atoms with van der Waals surface area (Å²) < 4.78 is 10.3. The molecule has 0 fully saturated rings. The number of ether oxygens (including phenoxy) is 1. The van der Waals surface area contributed by atoms with Gasteiger partial charge in [0.05, 0.1) is 13.3 Å². The van der Waals surface area contributed by atoms with Gasteiger partial charge >= 0.3 is 0 Å². The third-order valence-electron chi connectivity index (χ3n) is 2.89. The van der Waals surface area contributed by atoms with E-state index in [1.165, 1.54) is 0 Å². The summed E-state index contributed by atoms with van der Waals surface area (Å²) in [6.45, 7) is 0. The summed E-state index contributed by atoms with van der Waals surface area (Å²) in [6, 6.07) is 7.71. The van der Waals surface area contributed by atoms with Crippen molar-refractivity contribution in [1.82, 2.24) is 20.3 Å². The molecule has 0 bridgehead atoms. The van der Waals surface area contributed by atoms with Gasteiger partial charge in [0.15, 0.2) is 5.82 Å². The van der Waals surface area contributed by atoms with Crippen LogP contribution in [-0.2, 0) is 6.42 Å². The first-order valence-corrected chi connectivity index (χ1v) is 6.01. The van der Waals surface area contributed by atoms with Crippen LogP contribution in [0.25, 0.3) is 11.5 Å². The number of methoxy groups -OCH3 is 1. The molecular formula is C13H13N5O2. The van der Waals surface area contributed by atoms with Crippen LogP contribution in [0.4, 0.5) is 5.82 Å². The quantitative estimate of drug-likeness (QED) is 0.747. The Morgan fingerprint density at radius 1 is 1.30 bits per heavy atom. The first-order chi connectivity index (χ1) is 9.76. The number of benzene rings is 1. The van der Waals surface area contributed by atoms with E-state index in [1.54, 1.807) is 13.3 Å². The van der Waals surface area contributed by atoms with Crippen molar-refractivity contribution in [1.29, 1.82) is 0 Å². The third kappa shape index (κ3) is 2.33. The highest BCUT2D eigenvalue weighted by Crippen LogP contribution is 2.22. The van der Waals surface area contributed by atoms with Crippen LogP contribution in [0.5, 0.6) is 5.75 Å². The van der Waals surface area contributed by atoms with E-state index in [4.69, 9.17) is 15.0 Å². The van der Waals surface area contributed by atoms with Gasteiger partial charge in [0.25, 0.3) is 5.89 Å². The number of hydrogen-bond donors (Lipinski definition) is 2. The lowest BCUT2D eigenvalue weighted by Gasteiger charge is -2.00. The van der Waals surface area contributed by atoms with Gasteiger partial charge in [0, 0.05) is 6.42 Å². The number of hydrogen-bond acceptors (Lipinski definition) is 6. The SMILES string of the molecule is COc1ccc(Cc2noc(-c3cn[nH]c3N)n2)cc1. The standard InChI is InChI=1S/C13H13N5O2/c1-19-9-4-2-8(3-5-9)6-11-16-13(20-18-11)10-7-15-17-12(10)14/h2-5,7H,6H2,1H3,(H3,14,15,17). The number of nitrogens with zero attached hydrogens (tertiary/aromatic N) is 3. The van der Waals surface area contributed by atoms with Crippen LogP contribution in [0.2, 0.25) is 0 Å². The van der Waals surface area contributed by atoms with Gasteiger partial charge in [-0.05, 0) is 17.7 Å². The third-order valence-corrected chi connectivity index (χ3v) is 2.89. The molecule has 20 heavy (non-hydrogen) atoms. The lowest BCUT2D eigenvalue weighted by molar-refractivity contribution is 0.414. The fraction of sp³-hybridized carbons (Fsp3) is 0.154. The zero-order valence-corrected chi connectivity index (χ0v) is 10.8. The van der Waals surface area contributed by atoms with Gasteiger partial charge in [-0.2, -0.15) is 10.1 Å². The molecule has 0 amide bonds.